The lowest BCUT2D eigenvalue weighted by Gasteiger charge is -2.42. The van der Waals surface area contributed by atoms with Crippen molar-refractivity contribution in [1.82, 2.24) is 0 Å². The minimum atomic E-state index is -1.69. The molecule has 152 valence electrons. The lowest BCUT2D eigenvalue weighted by Crippen LogP contribution is -2.64. The first kappa shape index (κ1) is 27.1. The molecule has 13 heteroatoms. The Morgan fingerprint density at radius 1 is 1.16 bits per heavy atom. The van der Waals surface area contributed by atoms with E-state index in [2.05, 4.69) is 0 Å². The normalized spacial score (nSPS) is 34.0. The van der Waals surface area contributed by atoms with Gasteiger partial charge in [0.05, 0.1) is 25.3 Å². The van der Waals surface area contributed by atoms with E-state index in [1.807, 2.05) is 0 Å². The highest BCUT2D eigenvalue weighted by molar-refractivity contribution is 5.85. The van der Waals surface area contributed by atoms with Crippen LogP contribution in [-0.2, 0) is 14.3 Å². The van der Waals surface area contributed by atoms with Crippen LogP contribution < -0.4 is 11.5 Å². The third kappa shape index (κ3) is 6.50. The topological polar surface area (TPSA) is 209 Å². The van der Waals surface area contributed by atoms with Crippen LogP contribution in [0.15, 0.2) is 0 Å². The van der Waals surface area contributed by atoms with Crippen LogP contribution in [0.1, 0.15) is 0 Å². The Morgan fingerprint density at radius 2 is 1.72 bits per heavy atom. The number of carbonyl (C=O) groups is 1. The molecule has 0 aromatic heterocycles. The number of hydrogen-bond donors (Lipinski definition) is 8. The fourth-order valence-electron chi connectivity index (χ4n) is 2.18. The van der Waals surface area contributed by atoms with E-state index in [0.29, 0.717) is 0 Å². The van der Waals surface area contributed by atoms with Gasteiger partial charge >= 0.3 is 0 Å². The van der Waals surface area contributed by atoms with Crippen LogP contribution in [0.4, 0.5) is 0 Å². The molecular weight excluding hydrogens is 387 g/mol. The minimum absolute atomic E-state index is 0. The van der Waals surface area contributed by atoms with Gasteiger partial charge in [-0.2, -0.15) is 0 Å². The van der Waals surface area contributed by atoms with Gasteiger partial charge < -0.3 is 56.4 Å². The highest BCUT2D eigenvalue weighted by atomic mass is 35.5. The Hall–Kier alpha value is -0.150. The van der Waals surface area contributed by atoms with Gasteiger partial charge in [0, 0.05) is 0 Å². The molecule has 0 aromatic rings. The van der Waals surface area contributed by atoms with Gasteiger partial charge in [-0.15, -0.1) is 24.8 Å². The van der Waals surface area contributed by atoms with Crippen molar-refractivity contribution in [3.8, 4) is 0 Å². The van der Waals surface area contributed by atoms with Crippen LogP contribution >= 0.6 is 24.8 Å². The predicted octanol–water partition coefficient (Wildman–Crippen LogP) is -4.78. The average Bonchev–Trinajstić information content (AvgIpc) is 2.57. The molecule has 1 saturated heterocycles. The summed E-state index contributed by atoms with van der Waals surface area (Å²) in [5.41, 5.74) is 11.0. The average molecular weight is 413 g/mol. The van der Waals surface area contributed by atoms with E-state index in [1.165, 1.54) is 0 Å². The van der Waals surface area contributed by atoms with Crippen molar-refractivity contribution >= 4 is 31.1 Å². The molecule has 11 nitrogen and oxygen atoms in total. The molecule has 9 atom stereocenters. The second kappa shape index (κ2) is 12.3. The first-order valence-corrected chi connectivity index (χ1v) is 6.99. The number of hydrogen-bond acceptors (Lipinski definition) is 11. The van der Waals surface area contributed by atoms with E-state index >= 15 is 0 Å². The number of rotatable bonds is 8. The first-order valence-electron chi connectivity index (χ1n) is 6.99. The fraction of sp³-hybridized carbons (Fsp3) is 0.917. The molecule has 0 radical (unpaired) electrons. The summed E-state index contributed by atoms with van der Waals surface area (Å²) >= 11 is 0. The van der Waals surface area contributed by atoms with E-state index in [4.69, 9.17) is 31.2 Å². The van der Waals surface area contributed by atoms with Crippen LogP contribution in [0, 0.1) is 0 Å². The Bertz CT molecular complexity index is 382. The Labute approximate surface area is 156 Å². The van der Waals surface area contributed by atoms with Crippen molar-refractivity contribution in [2.75, 3.05) is 13.2 Å². The molecule has 0 spiro atoms. The lowest BCUT2D eigenvalue weighted by molar-refractivity contribution is -0.295. The van der Waals surface area contributed by atoms with E-state index in [-0.39, 0.29) is 31.1 Å². The van der Waals surface area contributed by atoms with Gasteiger partial charge in [0.25, 0.3) is 0 Å². The number of carbonyl (C=O) groups excluding carboxylic acids is 1. The van der Waals surface area contributed by atoms with Crippen LogP contribution in [0.25, 0.3) is 0 Å². The van der Waals surface area contributed by atoms with E-state index < -0.39 is 68.2 Å². The quantitative estimate of drug-likeness (QED) is 0.177. The molecule has 1 aliphatic rings. The third-order valence-corrected chi connectivity index (χ3v) is 3.67. The number of aldehydes is 1. The van der Waals surface area contributed by atoms with Crippen molar-refractivity contribution in [2.45, 2.75) is 55.0 Å². The predicted molar refractivity (Wildman–Crippen MR) is 88.2 cm³/mol. The maximum absolute atomic E-state index is 10.7. The van der Waals surface area contributed by atoms with Crippen molar-refractivity contribution < 1.29 is 44.9 Å². The van der Waals surface area contributed by atoms with Gasteiger partial charge in [0.1, 0.15) is 42.9 Å². The Morgan fingerprint density at radius 3 is 2.16 bits per heavy atom. The maximum Gasteiger partial charge on any atom is 0.176 e. The molecule has 10 N–H and O–H groups in total. The van der Waals surface area contributed by atoms with Gasteiger partial charge in [-0.3, -0.25) is 0 Å². The van der Waals surface area contributed by atoms with Crippen LogP contribution in [0.3, 0.4) is 0 Å². The summed E-state index contributed by atoms with van der Waals surface area (Å²) in [7, 11) is 0. The van der Waals surface area contributed by atoms with Crippen molar-refractivity contribution in [1.29, 1.82) is 0 Å². The summed E-state index contributed by atoms with van der Waals surface area (Å²) in [4.78, 5) is 10.7. The van der Waals surface area contributed by atoms with Gasteiger partial charge in [-0.05, 0) is 0 Å². The monoisotopic (exact) mass is 412 g/mol. The van der Waals surface area contributed by atoms with Crippen LogP contribution in [0.5, 0.6) is 0 Å². The summed E-state index contributed by atoms with van der Waals surface area (Å²) in [6.07, 6.45) is -10.3. The van der Waals surface area contributed by atoms with Crippen LogP contribution in [0.2, 0.25) is 0 Å². The molecule has 1 heterocycles. The lowest BCUT2D eigenvalue weighted by atomic mass is 9.97. The minimum Gasteiger partial charge on any atom is -0.394 e. The number of halogens is 2. The first-order chi connectivity index (χ1) is 10.8. The summed E-state index contributed by atoms with van der Waals surface area (Å²) < 4.78 is 10.4. The molecule has 1 aliphatic heterocycles. The second-order valence-electron chi connectivity index (χ2n) is 5.34. The third-order valence-electron chi connectivity index (χ3n) is 3.67. The van der Waals surface area contributed by atoms with Gasteiger partial charge in [0.15, 0.2) is 6.29 Å². The van der Waals surface area contributed by atoms with Crippen molar-refractivity contribution in [3.05, 3.63) is 0 Å². The largest absolute Gasteiger partial charge is 0.394 e. The molecule has 0 saturated carbocycles. The standard InChI is InChI=1S/C12H24N2O9.2ClH/c13-4(1-15)8(19)11(5(18)2-16)23-12-7(14)10(21)9(20)6(3-17)22-12;;/h1,4-12,16-21H,2-3,13-14H2;2*1H/t4-,5+,6+,7+,8+,9+,10+,11+,12-;;/m0../s1. The van der Waals surface area contributed by atoms with Gasteiger partial charge in [-0.25, -0.2) is 0 Å². The zero-order valence-electron chi connectivity index (χ0n) is 13.1. The van der Waals surface area contributed by atoms with E-state index in [1.54, 1.807) is 0 Å². The Kier molecular flexibility index (Phi) is 13.3. The number of ether oxygens (including phenoxy) is 2. The number of aliphatic hydroxyl groups excluding tert-OH is 6. The Balaban J connectivity index is 0. The second-order valence-corrected chi connectivity index (χ2v) is 5.34. The van der Waals surface area contributed by atoms with Crippen molar-refractivity contribution in [3.63, 3.8) is 0 Å². The fourth-order valence-corrected chi connectivity index (χ4v) is 2.18. The SMILES string of the molecule is Cl.Cl.N[C@H]1[C@H](O[C@@H]([C@H](O)[C@@H](N)C=O)[C@H](O)CO)O[C@H](CO)[C@@H](O)[C@@H]1O. The zero-order valence-corrected chi connectivity index (χ0v) is 14.7. The maximum atomic E-state index is 10.7. The smallest absolute Gasteiger partial charge is 0.176 e. The molecular formula is C12H26Cl2N2O9. The summed E-state index contributed by atoms with van der Waals surface area (Å²) in [6, 6.07) is -2.69. The molecule has 0 unspecified atom stereocenters. The highest BCUT2D eigenvalue weighted by Gasteiger charge is 2.45. The van der Waals surface area contributed by atoms with E-state index in [0.717, 1.165) is 0 Å². The molecule has 0 aliphatic carbocycles. The van der Waals surface area contributed by atoms with E-state index in [9.17, 15) is 25.2 Å². The van der Waals surface area contributed by atoms with Gasteiger partial charge in [-0.1, -0.05) is 0 Å². The summed E-state index contributed by atoms with van der Waals surface area (Å²) in [5, 5.41) is 57.3. The summed E-state index contributed by atoms with van der Waals surface area (Å²) in [5.74, 6) is 0. The summed E-state index contributed by atoms with van der Waals surface area (Å²) in [6.45, 7) is -1.46. The van der Waals surface area contributed by atoms with Crippen molar-refractivity contribution in [2.24, 2.45) is 11.5 Å². The highest BCUT2D eigenvalue weighted by Crippen LogP contribution is 2.23. The van der Waals surface area contributed by atoms with Crippen LogP contribution in [-0.4, -0.2) is 105 Å². The zero-order chi connectivity index (χ0) is 17.7. The molecule has 0 aromatic carbocycles. The number of aliphatic hydroxyl groups is 6. The molecule has 0 amide bonds. The molecule has 25 heavy (non-hydrogen) atoms. The van der Waals surface area contributed by atoms with Gasteiger partial charge in [0.2, 0.25) is 0 Å². The number of nitrogens with two attached hydrogens (primary N) is 2. The molecule has 0 bridgehead atoms. The molecule has 1 fully saturated rings. The molecule has 1 rings (SSSR count).